The number of aryl methyl sites for hydroxylation is 2. The van der Waals surface area contributed by atoms with Crippen LogP contribution in [-0.2, 0) is 10.3 Å². The Morgan fingerprint density at radius 2 is 1.85 bits per heavy atom. The normalized spacial score (nSPS) is 34.8. The molecule has 6 rings (SSSR count). The van der Waals surface area contributed by atoms with E-state index in [2.05, 4.69) is 46.1 Å². The number of carbonyl (C=O) groups is 1. The third kappa shape index (κ3) is 2.25. The number of anilines is 1. The van der Waals surface area contributed by atoms with Gasteiger partial charge in [-0.1, -0.05) is 18.2 Å². The van der Waals surface area contributed by atoms with Gasteiger partial charge in [-0.2, -0.15) is 5.10 Å². The lowest BCUT2D eigenvalue weighted by Gasteiger charge is -2.60. The van der Waals surface area contributed by atoms with E-state index in [4.69, 9.17) is 0 Å². The van der Waals surface area contributed by atoms with Gasteiger partial charge in [-0.3, -0.25) is 4.79 Å². The lowest BCUT2D eigenvalue weighted by atomic mass is 9.46. The van der Waals surface area contributed by atoms with Crippen molar-refractivity contribution in [2.24, 2.45) is 17.3 Å². The number of carbonyl (C=O) groups excluding carboxylic acids is 1. The second kappa shape index (κ2) is 5.41. The summed E-state index contributed by atoms with van der Waals surface area (Å²) < 4.78 is 2.06. The molecule has 0 aliphatic heterocycles. The van der Waals surface area contributed by atoms with Crippen LogP contribution >= 0.6 is 0 Å². The summed E-state index contributed by atoms with van der Waals surface area (Å²) in [5.41, 5.74) is 2.98. The Morgan fingerprint density at radius 1 is 1.15 bits per heavy atom. The molecule has 26 heavy (non-hydrogen) atoms. The third-order valence-corrected chi connectivity index (χ3v) is 7.14. The number of nitrogens with one attached hydrogen (secondary N) is 1. The van der Waals surface area contributed by atoms with Gasteiger partial charge in [0.1, 0.15) is 12.7 Å². The topological polar surface area (TPSA) is 59.8 Å². The summed E-state index contributed by atoms with van der Waals surface area (Å²) in [6.45, 7) is 4.14. The second-order valence-corrected chi connectivity index (χ2v) is 9.03. The van der Waals surface area contributed by atoms with E-state index in [0.29, 0.717) is 11.8 Å². The number of nitrogens with zero attached hydrogens (tertiary/aromatic N) is 3. The van der Waals surface area contributed by atoms with Gasteiger partial charge in [0.15, 0.2) is 0 Å². The standard InChI is InChI=1S/C21H26N4O/c1-14-4-3-5-15(2)18(14)24-19(26)20-7-16-6-17(8-20)10-21(9-16,11-20)25-13-22-12-23-25/h3-5,12-13,16-17H,6-11H2,1-2H3,(H,24,26)/t16-,17+,20?,21?. The molecule has 136 valence electrons. The maximum atomic E-state index is 13.5. The first-order valence-electron chi connectivity index (χ1n) is 9.73. The molecule has 4 aliphatic carbocycles. The molecule has 4 saturated carbocycles. The first kappa shape index (κ1) is 16.0. The Kier molecular flexibility index (Phi) is 3.34. The maximum absolute atomic E-state index is 13.5. The third-order valence-electron chi connectivity index (χ3n) is 7.14. The Morgan fingerprint density at radius 3 is 2.46 bits per heavy atom. The SMILES string of the molecule is Cc1cccc(C)c1NC(=O)C12C[C@H]3C[C@@H](C1)CC(n1cncn1)(C3)C2. The Hall–Kier alpha value is -2.17. The number of rotatable bonds is 3. The molecule has 4 atom stereocenters. The van der Waals surface area contributed by atoms with Crippen molar-refractivity contribution < 1.29 is 4.79 Å². The van der Waals surface area contributed by atoms with E-state index < -0.39 is 0 Å². The number of benzene rings is 1. The van der Waals surface area contributed by atoms with Gasteiger partial charge < -0.3 is 5.32 Å². The van der Waals surface area contributed by atoms with Crippen molar-refractivity contribution in [1.82, 2.24) is 14.8 Å². The monoisotopic (exact) mass is 350 g/mol. The Labute approximate surface area is 154 Å². The van der Waals surface area contributed by atoms with Crippen molar-refractivity contribution in [1.29, 1.82) is 0 Å². The van der Waals surface area contributed by atoms with Crippen LogP contribution < -0.4 is 5.32 Å². The van der Waals surface area contributed by atoms with E-state index in [1.165, 1.54) is 6.42 Å². The first-order chi connectivity index (χ1) is 12.5. The molecule has 4 aliphatic rings. The summed E-state index contributed by atoms with van der Waals surface area (Å²) in [7, 11) is 0. The van der Waals surface area contributed by atoms with E-state index >= 15 is 0 Å². The van der Waals surface area contributed by atoms with Crippen molar-refractivity contribution in [3.63, 3.8) is 0 Å². The summed E-state index contributed by atoms with van der Waals surface area (Å²) in [6, 6.07) is 6.18. The zero-order valence-corrected chi connectivity index (χ0v) is 15.5. The zero-order chi connectivity index (χ0) is 17.9. The van der Waals surface area contributed by atoms with Crippen LogP contribution in [0.2, 0.25) is 0 Å². The summed E-state index contributed by atoms with van der Waals surface area (Å²) >= 11 is 0. The van der Waals surface area contributed by atoms with Crippen LogP contribution in [0.1, 0.15) is 49.7 Å². The molecule has 1 heterocycles. The predicted molar refractivity (Wildman–Crippen MR) is 99.7 cm³/mol. The Bertz CT molecular complexity index is 823. The van der Waals surface area contributed by atoms with Gasteiger partial charge in [-0.05, 0) is 75.3 Å². The number of aromatic nitrogens is 3. The van der Waals surface area contributed by atoms with Gasteiger partial charge in [-0.25, -0.2) is 9.67 Å². The van der Waals surface area contributed by atoms with Crippen LogP contribution in [0.15, 0.2) is 30.9 Å². The van der Waals surface area contributed by atoms with Crippen LogP contribution in [0.5, 0.6) is 0 Å². The Balaban J connectivity index is 1.49. The molecule has 0 radical (unpaired) electrons. The minimum Gasteiger partial charge on any atom is -0.325 e. The predicted octanol–water partition coefficient (Wildman–Crippen LogP) is 3.83. The molecule has 1 aromatic heterocycles. The molecule has 2 unspecified atom stereocenters. The minimum atomic E-state index is -0.259. The van der Waals surface area contributed by atoms with Crippen LogP contribution in [-0.4, -0.2) is 20.7 Å². The summed E-state index contributed by atoms with van der Waals surface area (Å²) in [5, 5.41) is 7.80. The van der Waals surface area contributed by atoms with Crippen molar-refractivity contribution in [2.75, 3.05) is 5.32 Å². The van der Waals surface area contributed by atoms with E-state index in [0.717, 1.165) is 48.9 Å². The first-order valence-corrected chi connectivity index (χ1v) is 9.73. The van der Waals surface area contributed by atoms with Crippen LogP contribution in [0.3, 0.4) is 0 Å². The highest BCUT2D eigenvalue weighted by atomic mass is 16.2. The molecule has 1 amide bonds. The van der Waals surface area contributed by atoms with Crippen molar-refractivity contribution in [3.05, 3.63) is 42.0 Å². The second-order valence-electron chi connectivity index (χ2n) is 9.03. The summed E-state index contributed by atoms with van der Waals surface area (Å²) in [4.78, 5) is 17.7. The van der Waals surface area contributed by atoms with Crippen LogP contribution in [0, 0.1) is 31.1 Å². The molecule has 0 spiro atoms. The molecule has 2 aromatic rings. The maximum Gasteiger partial charge on any atom is 0.230 e. The number of hydrogen-bond donors (Lipinski definition) is 1. The lowest BCUT2D eigenvalue weighted by molar-refractivity contribution is -0.150. The fourth-order valence-corrected chi connectivity index (χ4v) is 6.46. The van der Waals surface area contributed by atoms with Crippen molar-refractivity contribution in [3.8, 4) is 0 Å². The van der Waals surface area contributed by atoms with E-state index in [1.807, 2.05) is 12.4 Å². The lowest BCUT2D eigenvalue weighted by Crippen LogP contribution is -2.60. The molecule has 0 saturated heterocycles. The van der Waals surface area contributed by atoms with Crippen molar-refractivity contribution in [2.45, 2.75) is 57.9 Å². The highest BCUT2D eigenvalue weighted by molar-refractivity contribution is 5.97. The largest absolute Gasteiger partial charge is 0.325 e. The van der Waals surface area contributed by atoms with Gasteiger partial charge >= 0.3 is 0 Å². The smallest absolute Gasteiger partial charge is 0.230 e. The molecule has 4 fully saturated rings. The van der Waals surface area contributed by atoms with Gasteiger partial charge in [-0.15, -0.1) is 0 Å². The molecule has 1 N–H and O–H groups in total. The zero-order valence-electron chi connectivity index (χ0n) is 15.5. The molecule has 5 heteroatoms. The van der Waals surface area contributed by atoms with E-state index in [-0.39, 0.29) is 16.9 Å². The highest BCUT2D eigenvalue weighted by Gasteiger charge is 2.61. The van der Waals surface area contributed by atoms with Gasteiger partial charge in [0.25, 0.3) is 0 Å². The number of amides is 1. The fraction of sp³-hybridized carbons (Fsp3) is 0.571. The van der Waals surface area contributed by atoms with Gasteiger partial charge in [0, 0.05) is 5.69 Å². The average molecular weight is 350 g/mol. The molecule has 1 aromatic carbocycles. The minimum absolute atomic E-state index is 0.0152. The van der Waals surface area contributed by atoms with Crippen molar-refractivity contribution >= 4 is 11.6 Å². The van der Waals surface area contributed by atoms with Crippen LogP contribution in [0.25, 0.3) is 0 Å². The number of hydrogen-bond acceptors (Lipinski definition) is 3. The highest BCUT2D eigenvalue weighted by Crippen LogP contribution is 2.64. The van der Waals surface area contributed by atoms with Crippen LogP contribution in [0.4, 0.5) is 5.69 Å². The summed E-state index contributed by atoms with van der Waals surface area (Å²) in [5.74, 6) is 1.47. The molecular formula is C21H26N4O. The molecule has 5 nitrogen and oxygen atoms in total. The quantitative estimate of drug-likeness (QED) is 0.915. The van der Waals surface area contributed by atoms with E-state index in [1.54, 1.807) is 6.33 Å². The van der Waals surface area contributed by atoms with Gasteiger partial charge in [0.05, 0.1) is 11.0 Å². The van der Waals surface area contributed by atoms with E-state index in [9.17, 15) is 4.79 Å². The molecule has 4 bridgehead atoms. The average Bonchev–Trinajstić information content (AvgIpc) is 3.12. The molecular weight excluding hydrogens is 324 g/mol. The number of para-hydroxylation sites is 1. The fourth-order valence-electron chi connectivity index (χ4n) is 6.46. The summed E-state index contributed by atoms with van der Waals surface area (Å²) in [6.07, 6.45) is 9.98. The van der Waals surface area contributed by atoms with Gasteiger partial charge in [0.2, 0.25) is 5.91 Å².